The number of hydrogen-bond donors (Lipinski definition) is 2. The van der Waals surface area contributed by atoms with Gasteiger partial charge in [0.15, 0.2) is 5.96 Å². The largest absolute Gasteiger partial charge is 0.378 e. The summed E-state index contributed by atoms with van der Waals surface area (Å²) in [5.74, 6) is 1.70. The van der Waals surface area contributed by atoms with Crippen molar-refractivity contribution in [1.82, 2.24) is 10.6 Å². The molecule has 2 rings (SSSR count). The van der Waals surface area contributed by atoms with Crippen LogP contribution in [0.3, 0.4) is 0 Å². The Balaban J connectivity index is 0.00000220. The van der Waals surface area contributed by atoms with Gasteiger partial charge < -0.3 is 15.5 Å². The van der Waals surface area contributed by atoms with Crippen molar-refractivity contribution < 1.29 is 0 Å². The summed E-state index contributed by atoms with van der Waals surface area (Å²) in [6, 6.07) is 9.11. The number of hydrogen-bond acceptors (Lipinski definition) is 2. The third-order valence-electron chi connectivity index (χ3n) is 3.62. The number of guanidine groups is 1. The molecule has 2 atom stereocenters. The Morgan fingerprint density at radius 2 is 2.10 bits per heavy atom. The molecule has 0 aliphatic heterocycles. The molecule has 2 N–H and O–H groups in total. The van der Waals surface area contributed by atoms with Crippen molar-refractivity contribution in [3.63, 3.8) is 0 Å². The first-order chi connectivity index (χ1) is 9.60. The van der Waals surface area contributed by atoms with E-state index in [1.165, 1.54) is 17.7 Å². The number of anilines is 1. The minimum Gasteiger partial charge on any atom is -0.378 e. The van der Waals surface area contributed by atoms with Crippen LogP contribution in [0, 0.1) is 5.92 Å². The first kappa shape index (κ1) is 18.1. The number of nitrogens with one attached hydrogen (secondary N) is 2. The van der Waals surface area contributed by atoms with Crippen molar-refractivity contribution in [2.75, 3.05) is 25.5 Å². The molecule has 1 aliphatic rings. The Hall–Kier alpha value is -0.980. The lowest BCUT2D eigenvalue weighted by molar-refractivity contribution is 0.766. The molecule has 4 nitrogen and oxygen atoms in total. The van der Waals surface area contributed by atoms with Gasteiger partial charge in [0.25, 0.3) is 0 Å². The Morgan fingerprint density at radius 1 is 1.38 bits per heavy atom. The number of nitrogens with zero attached hydrogens (tertiary/aromatic N) is 2. The van der Waals surface area contributed by atoms with Crippen LogP contribution >= 0.6 is 24.0 Å². The highest BCUT2D eigenvalue weighted by atomic mass is 127. The van der Waals surface area contributed by atoms with Gasteiger partial charge in [-0.25, -0.2) is 4.99 Å². The van der Waals surface area contributed by atoms with Crippen molar-refractivity contribution in [2.24, 2.45) is 10.9 Å². The highest BCUT2D eigenvalue weighted by molar-refractivity contribution is 14.0. The van der Waals surface area contributed by atoms with Crippen LogP contribution in [0.5, 0.6) is 0 Å². The predicted octanol–water partition coefficient (Wildman–Crippen LogP) is 2.83. The molecule has 0 aromatic heterocycles. The lowest BCUT2D eigenvalue weighted by Crippen LogP contribution is -2.39. The maximum absolute atomic E-state index is 4.67. The number of benzene rings is 1. The number of rotatable bonds is 5. The SMILES string of the molecule is CCNC(=NCc1cccc(N(C)C)c1)NC1CC1C.I. The summed E-state index contributed by atoms with van der Waals surface area (Å²) in [4.78, 5) is 6.79. The Kier molecular flexibility index (Phi) is 7.28. The van der Waals surface area contributed by atoms with E-state index in [1.807, 2.05) is 0 Å². The average Bonchev–Trinajstić information content (AvgIpc) is 3.12. The van der Waals surface area contributed by atoms with Gasteiger partial charge in [-0.1, -0.05) is 19.1 Å². The molecule has 21 heavy (non-hydrogen) atoms. The Bertz CT molecular complexity index is 473. The van der Waals surface area contributed by atoms with E-state index in [0.29, 0.717) is 12.6 Å². The van der Waals surface area contributed by atoms with Crippen molar-refractivity contribution >= 4 is 35.6 Å². The molecule has 5 heteroatoms. The van der Waals surface area contributed by atoms with Crippen LogP contribution in [0.2, 0.25) is 0 Å². The van der Waals surface area contributed by atoms with Gasteiger partial charge in [-0.3, -0.25) is 0 Å². The smallest absolute Gasteiger partial charge is 0.191 e. The predicted molar refractivity (Wildman–Crippen MR) is 102 cm³/mol. The van der Waals surface area contributed by atoms with Gasteiger partial charge in [-0.15, -0.1) is 24.0 Å². The van der Waals surface area contributed by atoms with Crippen LogP contribution in [0.1, 0.15) is 25.8 Å². The van der Waals surface area contributed by atoms with Gasteiger partial charge in [0.1, 0.15) is 0 Å². The molecular weight excluding hydrogens is 375 g/mol. The summed E-state index contributed by atoms with van der Waals surface area (Å²) in [6.45, 7) is 5.96. The van der Waals surface area contributed by atoms with E-state index < -0.39 is 0 Å². The third-order valence-corrected chi connectivity index (χ3v) is 3.62. The summed E-state index contributed by atoms with van der Waals surface area (Å²) in [6.07, 6.45) is 1.25. The minimum atomic E-state index is 0. The summed E-state index contributed by atoms with van der Waals surface area (Å²) < 4.78 is 0. The van der Waals surface area contributed by atoms with E-state index in [-0.39, 0.29) is 24.0 Å². The van der Waals surface area contributed by atoms with Gasteiger partial charge in [-0.2, -0.15) is 0 Å². The maximum atomic E-state index is 4.67. The zero-order valence-electron chi connectivity index (χ0n) is 13.4. The van der Waals surface area contributed by atoms with Gasteiger partial charge in [0, 0.05) is 32.4 Å². The van der Waals surface area contributed by atoms with Gasteiger partial charge in [0.2, 0.25) is 0 Å². The molecule has 0 spiro atoms. The topological polar surface area (TPSA) is 39.7 Å². The van der Waals surface area contributed by atoms with E-state index >= 15 is 0 Å². The quantitative estimate of drug-likeness (QED) is 0.452. The molecule has 2 unspecified atom stereocenters. The van der Waals surface area contributed by atoms with Crippen LogP contribution in [0.4, 0.5) is 5.69 Å². The molecule has 1 aromatic rings. The molecule has 1 aromatic carbocycles. The summed E-state index contributed by atoms with van der Waals surface area (Å²) in [7, 11) is 4.12. The zero-order chi connectivity index (χ0) is 14.5. The van der Waals surface area contributed by atoms with Gasteiger partial charge >= 0.3 is 0 Å². The second-order valence-corrected chi connectivity index (χ2v) is 5.72. The highest BCUT2D eigenvalue weighted by Gasteiger charge is 2.33. The molecule has 0 bridgehead atoms. The van der Waals surface area contributed by atoms with Gasteiger partial charge in [-0.05, 0) is 37.0 Å². The van der Waals surface area contributed by atoms with Crippen LogP contribution < -0.4 is 15.5 Å². The van der Waals surface area contributed by atoms with E-state index in [9.17, 15) is 0 Å². The molecule has 118 valence electrons. The molecule has 1 fully saturated rings. The van der Waals surface area contributed by atoms with E-state index in [0.717, 1.165) is 18.4 Å². The zero-order valence-corrected chi connectivity index (χ0v) is 15.7. The van der Waals surface area contributed by atoms with Crippen molar-refractivity contribution in [2.45, 2.75) is 32.9 Å². The highest BCUT2D eigenvalue weighted by Crippen LogP contribution is 2.28. The van der Waals surface area contributed by atoms with E-state index in [1.54, 1.807) is 0 Å². The van der Waals surface area contributed by atoms with Gasteiger partial charge in [0.05, 0.1) is 6.54 Å². The van der Waals surface area contributed by atoms with Crippen molar-refractivity contribution in [3.05, 3.63) is 29.8 Å². The summed E-state index contributed by atoms with van der Waals surface area (Å²) in [5.41, 5.74) is 2.45. The minimum absolute atomic E-state index is 0. The fraction of sp³-hybridized carbons (Fsp3) is 0.562. The molecule has 0 saturated heterocycles. The summed E-state index contributed by atoms with van der Waals surface area (Å²) in [5, 5.41) is 6.79. The lowest BCUT2D eigenvalue weighted by Gasteiger charge is -2.14. The monoisotopic (exact) mass is 402 g/mol. The molecular formula is C16H27IN4. The van der Waals surface area contributed by atoms with Crippen LogP contribution in [0.25, 0.3) is 0 Å². The van der Waals surface area contributed by atoms with E-state index in [2.05, 4.69) is 72.7 Å². The third kappa shape index (κ3) is 5.73. The number of aliphatic imine (C=N–C) groups is 1. The molecule has 0 amide bonds. The second-order valence-electron chi connectivity index (χ2n) is 5.72. The van der Waals surface area contributed by atoms with Crippen LogP contribution in [0.15, 0.2) is 29.3 Å². The molecule has 0 heterocycles. The first-order valence-corrected chi connectivity index (χ1v) is 7.41. The molecule has 1 saturated carbocycles. The standard InChI is InChI=1S/C16H26N4.HI/c1-5-17-16(19-15-9-12(15)2)18-11-13-7-6-8-14(10-13)20(3)4;/h6-8,10,12,15H,5,9,11H2,1-4H3,(H2,17,18,19);1H. The van der Waals surface area contributed by atoms with Crippen molar-refractivity contribution in [3.8, 4) is 0 Å². The van der Waals surface area contributed by atoms with Crippen molar-refractivity contribution in [1.29, 1.82) is 0 Å². The maximum Gasteiger partial charge on any atom is 0.191 e. The lowest BCUT2D eigenvalue weighted by atomic mass is 10.2. The second kappa shape index (κ2) is 8.46. The van der Waals surface area contributed by atoms with Crippen LogP contribution in [-0.4, -0.2) is 32.6 Å². The fourth-order valence-corrected chi connectivity index (χ4v) is 2.12. The first-order valence-electron chi connectivity index (χ1n) is 7.41. The Labute approximate surface area is 145 Å². The fourth-order valence-electron chi connectivity index (χ4n) is 2.12. The molecule has 0 radical (unpaired) electrons. The summed E-state index contributed by atoms with van der Waals surface area (Å²) >= 11 is 0. The number of halogens is 1. The Morgan fingerprint density at radius 3 is 2.67 bits per heavy atom. The molecule has 1 aliphatic carbocycles. The average molecular weight is 402 g/mol. The van der Waals surface area contributed by atoms with E-state index in [4.69, 9.17) is 0 Å². The van der Waals surface area contributed by atoms with Crippen LogP contribution in [-0.2, 0) is 6.54 Å². The normalized spacial score (nSPS) is 20.5.